The Labute approximate surface area is 121 Å². The Kier molecular flexibility index (Phi) is 4.06. The van der Waals surface area contributed by atoms with E-state index in [2.05, 4.69) is 10.4 Å². The fourth-order valence-electron chi connectivity index (χ4n) is 1.79. The molecule has 1 aromatic carbocycles. The molecule has 0 spiro atoms. The molecule has 0 saturated carbocycles. The van der Waals surface area contributed by atoms with Crippen molar-refractivity contribution in [2.75, 3.05) is 5.32 Å². The number of aryl methyl sites for hydroxylation is 2. The van der Waals surface area contributed by atoms with Gasteiger partial charge >= 0.3 is 0 Å². The van der Waals surface area contributed by atoms with Crippen LogP contribution in [0.15, 0.2) is 24.3 Å². The van der Waals surface area contributed by atoms with Gasteiger partial charge in [-0.25, -0.2) is 0 Å². The number of aromatic nitrogens is 2. The Morgan fingerprint density at radius 2 is 2.25 bits per heavy atom. The van der Waals surface area contributed by atoms with Crippen LogP contribution in [-0.4, -0.2) is 15.7 Å². The molecule has 102 valence electrons. The minimum Gasteiger partial charge on any atom is -0.319 e. The second-order valence-corrected chi connectivity index (χ2v) is 4.67. The maximum atomic E-state index is 12.2. The molecule has 20 heavy (non-hydrogen) atoms. The Bertz CT molecular complexity index is 700. The first-order valence-electron chi connectivity index (χ1n) is 6.09. The lowest BCUT2D eigenvalue weighted by Crippen LogP contribution is -2.16. The largest absolute Gasteiger partial charge is 0.319 e. The van der Waals surface area contributed by atoms with Crippen LogP contribution in [0.3, 0.4) is 0 Å². The van der Waals surface area contributed by atoms with Gasteiger partial charge in [0, 0.05) is 7.05 Å². The second-order valence-electron chi connectivity index (χ2n) is 4.26. The molecule has 0 aliphatic carbocycles. The third kappa shape index (κ3) is 2.81. The van der Waals surface area contributed by atoms with Crippen molar-refractivity contribution >= 4 is 23.2 Å². The van der Waals surface area contributed by atoms with Gasteiger partial charge in [0.1, 0.15) is 5.69 Å². The molecule has 0 atom stereocenters. The van der Waals surface area contributed by atoms with Crippen LogP contribution < -0.4 is 5.32 Å². The molecule has 1 N–H and O–H groups in total. The molecule has 0 unspecified atom stereocenters. The van der Waals surface area contributed by atoms with Gasteiger partial charge in [-0.2, -0.15) is 10.4 Å². The smallest absolute Gasteiger partial charge is 0.273 e. The van der Waals surface area contributed by atoms with Crippen molar-refractivity contribution in [3.63, 3.8) is 0 Å². The molecule has 2 rings (SSSR count). The summed E-state index contributed by atoms with van der Waals surface area (Å²) in [5.41, 5.74) is 2.13. The summed E-state index contributed by atoms with van der Waals surface area (Å²) in [5.74, 6) is -0.309. The summed E-state index contributed by atoms with van der Waals surface area (Å²) < 4.78 is 1.52. The van der Waals surface area contributed by atoms with Crippen LogP contribution in [0, 0.1) is 11.3 Å². The van der Waals surface area contributed by atoms with E-state index in [9.17, 15) is 4.79 Å². The van der Waals surface area contributed by atoms with E-state index in [1.54, 1.807) is 25.2 Å². The zero-order valence-electron chi connectivity index (χ0n) is 11.1. The first-order valence-corrected chi connectivity index (χ1v) is 6.47. The first-order chi connectivity index (χ1) is 9.55. The van der Waals surface area contributed by atoms with Crippen LogP contribution in [0.25, 0.3) is 0 Å². The minimum absolute atomic E-state index is 0.309. The van der Waals surface area contributed by atoms with Crippen LogP contribution in [0.5, 0.6) is 0 Å². The van der Waals surface area contributed by atoms with Crippen LogP contribution in [-0.2, 0) is 13.5 Å². The van der Waals surface area contributed by atoms with E-state index in [1.165, 1.54) is 10.7 Å². The quantitative estimate of drug-likeness (QED) is 0.944. The average Bonchev–Trinajstić information content (AvgIpc) is 2.82. The van der Waals surface area contributed by atoms with Crippen molar-refractivity contribution < 1.29 is 4.79 Å². The number of benzene rings is 1. The normalized spacial score (nSPS) is 10.1. The van der Waals surface area contributed by atoms with Crippen molar-refractivity contribution in [2.45, 2.75) is 13.3 Å². The highest BCUT2D eigenvalue weighted by Gasteiger charge is 2.14. The van der Waals surface area contributed by atoms with Crippen LogP contribution in [0.2, 0.25) is 5.02 Å². The Balaban J connectivity index is 2.27. The standard InChI is InChI=1S/C14H13ClN4O/c1-3-10-7-13(19(2)18-10)14(20)17-12-6-9(8-16)4-5-11(12)15/h4-7H,3H2,1-2H3,(H,17,20). The zero-order chi connectivity index (χ0) is 14.7. The summed E-state index contributed by atoms with van der Waals surface area (Å²) in [6.07, 6.45) is 0.756. The molecular formula is C14H13ClN4O. The number of amides is 1. The van der Waals surface area contributed by atoms with E-state index in [4.69, 9.17) is 16.9 Å². The van der Waals surface area contributed by atoms with Gasteiger partial charge in [0.15, 0.2) is 0 Å². The number of carbonyl (C=O) groups is 1. The molecule has 0 aliphatic rings. The third-order valence-corrected chi connectivity index (χ3v) is 3.20. The summed E-state index contributed by atoms with van der Waals surface area (Å²) in [4.78, 5) is 12.2. The average molecular weight is 289 g/mol. The summed E-state index contributed by atoms with van der Waals surface area (Å²) in [6.45, 7) is 1.97. The molecule has 0 fully saturated rings. The highest BCUT2D eigenvalue weighted by molar-refractivity contribution is 6.34. The highest BCUT2D eigenvalue weighted by atomic mass is 35.5. The van der Waals surface area contributed by atoms with Crippen molar-refractivity contribution in [3.05, 3.63) is 46.2 Å². The van der Waals surface area contributed by atoms with E-state index >= 15 is 0 Å². The number of nitrogens with one attached hydrogen (secondary N) is 1. The Hall–Kier alpha value is -2.32. The van der Waals surface area contributed by atoms with Crippen molar-refractivity contribution in [2.24, 2.45) is 7.05 Å². The monoisotopic (exact) mass is 288 g/mol. The Morgan fingerprint density at radius 3 is 2.85 bits per heavy atom. The van der Waals surface area contributed by atoms with E-state index in [0.29, 0.717) is 22.0 Å². The number of carbonyl (C=O) groups excluding carboxylic acids is 1. The molecule has 2 aromatic rings. The SMILES string of the molecule is CCc1cc(C(=O)Nc2cc(C#N)ccc2Cl)n(C)n1. The van der Waals surface area contributed by atoms with Crippen LogP contribution >= 0.6 is 11.6 Å². The fourth-order valence-corrected chi connectivity index (χ4v) is 1.95. The predicted octanol–water partition coefficient (Wildman–Crippen LogP) is 2.76. The highest BCUT2D eigenvalue weighted by Crippen LogP contribution is 2.23. The number of hydrogen-bond acceptors (Lipinski definition) is 3. The molecule has 1 aromatic heterocycles. The molecule has 0 saturated heterocycles. The lowest BCUT2D eigenvalue weighted by Gasteiger charge is -2.07. The van der Waals surface area contributed by atoms with E-state index in [-0.39, 0.29) is 5.91 Å². The van der Waals surface area contributed by atoms with Gasteiger partial charge in [0.2, 0.25) is 0 Å². The number of anilines is 1. The third-order valence-electron chi connectivity index (χ3n) is 2.87. The second kappa shape index (κ2) is 5.76. The number of nitriles is 1. The Morgan fingerprint density at radius 1 is 1.50 bits per heavy atom. The van der Waals surface area contributed by atoms with Gasteiger partial charge in [-0.3, -0.25) is 9.48 Å². The molecule has 0 radical (unpaired) electrons. The lowest BCUT2D eigenvalue weighted by molar-refractivity contribution is 0.101. The van der Waals surface area contributed by atoms with Gasteiger partial charge in [0.05, 0.1) is 28.0 Å². The van der Waals surface area contributed by atoms with E-state index in [1.807, 2.05) is 13.0 Å². The van der Waals surface area contributed by atoms with Gasteiger partial charge in [-0.15, -0.1) is 0 Å². The fraction of sp³-hybridized carbons (Fsp3) is 0.214. The van der Waals surface area contributed by atoms with Gasteiger partial charge in [-0.1, -0.05) is 18.5 Å². The van der Waals surface area contributed by atoms with Crippen molar-refractivity contribution in [1.82, 2.24) is 9.78 Å². The maximum absolute atomic E-state index is 12.2. The summed E-state index contributed by atoms with van der Waals surface area (Å²) in [5, 5.41) is 16.2. The summed E-state index contributed by atoms with van der Waals surface area (Å²) >= 11 is 6.01. The van der Waals surface area contributed by atoms with E-state index < -0.39 is 0 Å². The number of hydrogen-bond donors (Lipinski definition) is 1. The summed E-state index contributed by atoms with van der Waals surface area (Å²) in [6, 6.07) is 8.45. The van der Waals surface area contributed by atoms with Crippen molar-refractivity contribution in [1.29, 1.82) is 5.26 Å². The molecule has 5 nitrogen and oxygen atoms in total. The molecular weight excluding hydrogens is 276 g/mol. The predicted molar refractivity (Wildman–Crippen MR) is 76.7 cm³/mol. The van der Waals surface area contributed by atoms with Crippen LogP contribution in [0.1, 0.15) is 28.7 Å². The summed E-state index contributed by atoms with van der Waals surface area (Å²) in [7, 11) is 1.71. The topological polar surface area (TPSA) is 70.7 Å². The van der Waals surface area contributed by atoms with E-state index in [0.717, 1.165) is 12.1 Å². The molecule has 6 heteroatoms. The van der Waals surface area contributed by atoms with Crippen LogP contribution in [0.4, 0.5) is 5.69 Å². The molecule has 0 aliphatic heterocycles. The number of halogens is 1. The molecule has 1 heterocycles. The number of rotatable bonds is 3. The van der Waals surface area contributed by atoms with Crippen molar-refractivity contribution in [3.8, 4) is 6.07 Å². The maximum Gasteiger partial charge on any atom is 0.273 e. The van der Waals surface area contributed by atoms with Gasteiger partial charge in [0.25, 0.3) is 5.91 Å². The number of nitrogens with zero attached hydrogens (tertiary/aromatic N) is 3. The lowest BCUT2D eigenvalue weighted by atomic mass is 10.2. The molecule has 1 amide bonds. The van der Waals surface area contributed by atoms with Gasteiger partial charge in [-0.05, 0) is 30.7 Å². The minimum atomic E-state index is -0.309. The molecule has 0 bridgehead atoms. The zero-order valence-corrected chi connectivity index (χ0v) is 11.9. The van der Waals surface area contributed by atoms with Gasteiger partial charge < -0.3 is 5.32 Å². The first kappa shape index (κ1) is 14.1.